The van der Waals surface area contributed by atoms with E-state index in [1.165, 1.54) is 24.3 Å². The Labute approximate surface area is 191 Å². The van der Waals surface area contributed by atoms with E-state index in [9.17, 15) is 18.0 Å². The number of aliphatic imine (C=N–C) groups is 1. The molecule has 5 N–H and O–H groups in total. The molecule has 0 aromatic heterocycles. The maximum atomic E-state index is 12.2. The highest BCUT2D eigenvalue weighted by molar-refractivity contribution is 7.89. The summed E-state index contributed by atoms with van der Waals surface area (Å²) in [6.07, 6.45) is -1.78. The van der Waals surface area contributed by atoms with Gasteiger partial charge in [-0.3, -0.25) is 9.79 Å². The number of hydrogen-bond acceptors (Lipinski definition) is 10. The number of hydrogen-bond donors (Lipinski definition) is 4. The molecule has 1 heterocycles. The lowest BCUT2D eigenvalue weighted by atomic mass is 10.2. The largest absolute Gasteiger partial charge is 0.492 e. The molecule has 2 aromatic rings. The second-order valence-electron chi connectivity index (χ2n) is 6.96. The quantitative estimate of drug-likeness (QED) is 0.160. The normalized spacial score (nSPS) is 14.0. The molecule has 3 rings (SSSR count). The van der Waals surface area contributed by atoms with Gasteiger partial charge in [-0.1, -0.05) is 18.2 Å². The zero-order valence-corrected chi connectivity index (χ0v) is 18.5. The molecule has 0 spiro atoms. The van der Waals surface area contributed by atoms with Crippen molar-refractivity contribution in [3.8, 4) is 5.75 Å². The molecule has 0 radical (unpaired) electrons. The fourth-order valence-electron chi connectivity index (χ4n) is 2.83. The van der Waals surface area contributed by atoms with Crippen molar-refractivity contribution in [1.29, 1.82) is 0 Å². The number of ether oxygens (including phenoxy) is 2. The summed E-state index contributed by atoms with van der Waals surface area (Å²) in [5, 5.41) is 6.17. The lowest BCUT2D eigenvalue weighted by Crippen LogP contribution is -2.43. The average Bonchev–Trinajstić information content (AvgIpc) is 3.31. The maximum absolute atomic E-state index is 12.2. The van der Waals surface area contributed by atoms with Gasteiger partial charge in [0, 0.05) is 6.54 Å². The van der Waals surface area contributed by atoms with Crippen molar-refractivity contribution in [3.05, 3.63) is 60.2 Å². The van der Waals surface area contributed by atoms with Crippen molar-refractivity contribution in [2.24, 2.45) is 10.7 Å². The van der Waals surface area contributed by atoms with Crippen molar-refractivity contribution in [1.82, 2.24) is 15.4 Å². The second kappa shape index (κ2) is 11.4. The molecule has 176 valence electrons. The second-order valence-corrected chi connectivity index (χ2v) is 8.68. The summed E-state index contributed by atoms with van der Waals surface area (Å²) >= 11 is 0. The zero-order chi connectivity index (χ0) is 23.7. The molecule has 33 heavy (non-hydrogen) atoms. The van der Waals surface area contributed by atoms with E-state index in [4.69, 9.17) is 15.2 Å². The molecule has 0 amide bonds. The molecule has 0 fully saturated rings. The third-order valence-electron chi connectivity index (χ3n) is 4.38. The van der Waals surface area contributed by atoms with E-state index in [0.29, 0.717) is 18.9 Å². The molecule has 1 atom stereocenters. The smallest absolute Gasteiger partial charge is 0.345 e. The summed E-state index contributed by atoms with van der Waals surface area (Å²) in [5.41, 5.74) is 5.83. The number of nitrogens with zero attached hydrogens (tertiary/aromatic N) is 1. The van der Waals surface area contributed by atoms with Crippen molar-refractivity contribution in [3.63, 3.8) is 0 Å². The first kappa shape index (κ1) is 24.2. The molecule has 12 heteroatoms. The van der Waals surface area contributed by atoms with Crippen LogP contribution >= 0.6 is 0 Å². The van der Waals surface area contributed by atoms with Gasteiger partial charge in [0.15, 0.2) is 5.96 Å². The lowest BCUT2D eigenvalue weighted by molar-refractivity contribution is -0.138. The summed E-state index contributed by atoms with van der Waals surface area (Å²) in [4.78, 5) is 28.4. The highest BCUT2D eigenvalue weighted by Gasteiger charge is 2.21. The van der Waals surface area contributed by atoms with Gasteiger partial charge in [-0.05, 0) is 36.4 Å². The number of carbonyl (C=O) groups is 2. The van der Waals surface area contributed by atoms with E-state index >= 15 is 0 Å². The lowest BCUT2D eigenvalue weighted by Gasteiger charge is -2.13. The zero-order valence-electron chi connectivity index (χ0n) is 17.7. The van der Waals surface area contributed by atoms with Gasteiger partial charge >= 0.3 is 11.9 Å². The number of nitrogens with one attached hydrogen (secondary N) is 3. The maximum Gasteiger partial charge on any atom is 0.345 e. The molecule has 0 saturated carbocycles. The number of carbonyl (C=O) groups excluding carboxylic acids is 2. The van der Waals surface area contributed by atoms with Crippen molar-refractivity contribution >= 4 is 27.9 Å². The predicted octanol–water partition coefficient (Wildman–Crippen LogP) is -0.0490. The highest BCUT2D eigenvalue weighted by atomic mass is 32.2. The van der Waals surface area contributed by atoms with Gasteiger partial charge in [0.1, 0.15) is 12.4 Å². The van der Waals surface area contributed by atoms with Gasteiger partial charge in [-0.25, -0.2) is 13.2 Å². The summed E-state index contributed by atoms with van der Waals surface area (Å²) in [5.74, 6) is -0.554. The first-order chi connectivity index (χ1) is 15.8. The Morgan fingerprint density at radius 2 is 1.85 bits per heavy atom. The van der Waals surface area contributed by atoms with E-state index in [1.807, 2.05) is 0 Å². The first-order valence-electron chi connectivity index (χ1n) is 10.2. The minimum Gasteiger partial charge on any atom is -0.492 e. The Kier molecular flexibility index (Phi) is 8.35. The van der Waals surface area contributed by atoms with E-state index in [-0.39, 0.29) is 10.5 Å². The van der Waals surface area contributed by atoms with Crippen molar-refractivity contribution in [2.75, 3.05) is 26.2 Å². The van der Waals surface area contributed by atoms with Crippen LogP contribution in [0.5, 0.6) is 5.75 Å². The summed E-state index contributed by atoms with van der Waals surface area (Å²) < 4.78 is 37.0. The van der Waals surface area contributed by atoms with Crippen LogP contribution in [0.4, 0.5) is 0 Å². The van der Waals surface area contributed by atoms with Crippen LogP contribution < -0.4 is 25.8 Å². The van der Waals surface area contributed by atoms with Gasteiger partial charge in [-0.15, -0.1) is 0 Å². The number of rotatable bonds is 10. The number of sulfonamides is 1. The molecule has 0 saturated heterocycles. The third-order valence-corrected chi connectivity index (χ3v) is 5.89. The Balaban J connectivity index is 1.41. The fraction of sp³-hybridized carbons (Fsp3) is 0.286. The molecule has 0 bridgehead atoms. The van der Waals surface area contributed by atoms with Gasteiger partial charge in [0.05, 0.1) is 36.1 Å². The molecular weight excluding hydrogens is 450 g/mol. The van der Waals surface area contributed by atoms with Crippen LogP contribution in [0.15, 0.2) is 64.5 Å². The number of nitrogens with two attached hydrogens (primary N) is 1. The Morgan fingerprint density at radius 3 is 2.52 bits per heavy atom. The monoisotopic (exact) mass is 475 g/mol. The predicted molar refractivity (Wildman–Crippen MR) is 120 cm³/mol. The number of guanidine groups is 1. The first-order valence-corrected chi connectivity index (χ1v) is 11.6. The summed E-state index contributed by atoms with van der Waals surface area (Å²) in [6, 6.07) is 13.6. The van der Waals surface area contributed by atoms with Gasteiger partial charge in [0.2, 0.25) is 10.0 Å². The van der Waals surface area contributed by atoms with Crippen LogP contribution in [-0.4, -0.2) is 58.7 Å². The molecule has 1 aliphatic rings. The standard InChI is InChI=1S/C21H25N5O6S/c22-18(26-33(29,30)17-4-2-1-3-5-17)14-19(27)32-20(28)15-6-8-16(9-7-15)31-13-12-25-21-23-10-11-24-21/h1-9,18,26H,10-14,22H2,(H2,23,24,25)/t18-/m0/s1. The third kappa shape index (κ3) is 7.56. The Bertz CT molecular complexity index is 1090. The van der Waals surface area contributed by atoms with Gasteiger partial charge in [0.25, 0.3) is 0 Å². The topological polar surface area (TPSA) is 161 Å². The van der Waals surface area contributed by atoms with E-state index < -0.39 is 34.5 Å². The van der Waals surface area contributed by atoms with Crippen molar-refractivity contribution in [2.45, 2.75) is 17.5 Å². The highest BCUT2D eigenvalue weighted by Crippen LogP contribution is 2.13. The van der Waals surface area contributed by atoms with Crippen LogP contribution in [0, 0.1) is 0 Å². The molecule has 2 aromatic carbocycles. The molecular formula is C21H25N5O6S. The minimum absolute atomic E-state index is 0.00643. The SMILES string of the molecule is N[C@H](CC(=O)OC(=O)c1ccc(OCCNC2=NCCN2)cc1)NS(=O)(=O)c1ccccc1. The summed E-state index contributed by atoms with van der Waals surface area (Å²) in [6.45, 7) is 2.51. The molecule has 11 nitrogen and oxygen atoms in total. The number of benzene rings is 2. The molecule has 0 aliphatic carbocycles. The fourth-order valence-corrected chi connectivity index (χ4v) is 3.97. The van der Waals surface area contributed by atoms with Crippen LogP contribution in [-0.2, 0) is 19.6 Å². The van der Waals surface area contributed by atoms with E-state index in [0.717, 1.165) is 19.0 Å². The Hall–Kier alpha value is -3.48. The average molecular weight is 476 g/mol. The minimum atomic E-state index is -3.90. The van der Waals surface area contributed by atoms with Crippen LogP contribution in [0.25, 0.3) is 0 Å². The van der Waals surface area contributed by atoms with E-state index in [2.05, 4.69) is 20.3 Å². The van der Waals surface area contributed by atoms with E-state index in [1.54, 1.807) is 30.3 Å². The van der Waals surface area contributed by atoms with Crippen LogP contribution in [0.1, 0.15) is 16.8 Å². The van der Waals surface area contributed by atoms with Crippen LogP contribution in [0.3, 0.4) is 0 Å². The van der Waals surface area contributed by atoms with Gasteiger partial charge in [-0.2, -0.15) is 4.72 Å². The van der Waals surface area contributed by atoms with Crippen LogP contribution in [0.2, 0.25) is 0 Å². The summed E-state index contributed by atoms with van der Waals surface area (Å²) in [7, 11) is -3.90. The molecule has 0 unspecified atom stereocenters. The molecule has 1 aliphatic heterocycles. The van der Waals surface area contributed by atoms with Gasteiger partial charge < -0.3 is 25.8 Å². The Morgan fingerprint density at radius 1 is 1.12 bits per heavy atom. The number of esters is 2. The van der Waals surface area contributed by atoms with Crippen molar-refractivity contribution < 1.29 is 27.5 Å².